The Morgan fingerprint density at radius 2 is 2.24 bits per heavy atom. The largest absolute Gasteiger partial charge is 0.343 e. The van der Waals surface area contributed by atoms with Crippen molar-refractivity contribution < 1.29 is 4.79 Å². The first-order valence-corrected chi connectivity index (χ1v) is 6.18. The number of nitrogens with zero attached hydrogens (tertiary/aromatic N) is 3. The van der Waals surface area contributed by atoms with Crippen LogP contribution in [-0.4, -0.2) is 40.2 Å². The highest BCUT2D eigenvalue weighted by Gasteiger charge is 2.24. The molecule has 1 aromatic rings. The van der Waals surface area contributed by atoms with Gasteiger partial charge in [-0.3, -0.25) is 9.48 Å². The number of hydrogen-bond donors (Lipinski definition) is 1. The molecule has 1 aliphatic rings. The van der Waals surface area contributed by atoms with Gasteiger partial charge in [0.25, 0.3) is 0 Å². The van der Waals surface area contributed by atoms with E-state index in [-0.39, 0.29) is 5.91 Å². The summed E-state index contributed by atoms with van der Waals surface area (Å²) in [6.45, 7) is 2.11. The predicted octanol–water partition coefficient (Wildman–Crippen LogP) is 0.475. The van der Waals surface area contributed by atoms with Gasteiger partial charge in [-0.1, -0.05) is 0 Å². The molecule has 94 valence electrons. The molecule has 0 aliphatic carbocycles. The SMILES string of the molecule is Cn1ccc(C2CCN(C(=O)CCN)CC2)n1. The zero-order valence-corrected chi connectivity index (χ0v) is 10.3. The average Bonchev–Trinajstić information content (AvgIpc) is 2.76. The second-order valence-electron chi connectivity index (χ2n) is 4.61. The number of aryl methyl sites for hydroxylation is 1. The van der Waals surface area contributed by atoms with Crippen molar-refractivity contribution in [3.8, 4) is 0 Å². The molecule has 2 rings (SSSR count). The van der Waals surface area contributed by atoms with Crippen LogP contribution < -0.4 is 5.73 Å². The van der Waals surface area contributed by atoms with Crippen LogP contribution in [0.2, 0.25) is 0 Å². The summed E-state index contributed by atoms with van der Waals surface area (Å²) in [7, 11) is 1.93. The molecule has 1 amide bonds. The third kappa shape index (κ3) is 2.85. The molecular weight excluding hydrogens is 216 g/mol. The summed E-state index contributed by atoms with van der Waals surface area (Å²) in [5.74, 6) is 0.685. The van der Waals surface area contributed by atoms with Crippen molar-refractivity contribution in [2.45, 2.75) is 25.2 Å². The normalized spacial score (nSPS) is 17.4. The molecule has 0 saturated carbocycles. The second-order valence-corrected chi connectivity index (χ2v) is 4.61. The number of carbonyl (C=O) groups excluding carboxylic acids is 1. The van der Waals surface area contributed by atoms with Gasteiger partial charge in [0.2, 0.25) is 5.91 Å². The van der Waals surface area contributed by atoms with E-state index in [1.165, 1.54) is 0 Å². The molecule has 17 heavy (non-hydrogen) atoms. The molecule has 1 aromatic heterocycles. The van der Waals surface area contributed by atoms with Gasteiger partial charge >= 0.3 is 0 Å². The maximum absolute atomic E-state index is 11.7. The minimum atomic E-state index is 0.187. The van der Waals surface area contributed by atoms with E-state index >= 15 is 0 Å². The van der Waals surface area contributed by atoms with E-state index < -0.39 is 0 Å². The number of aromatic nitrogens is 2. The Bertz CT molecular complexity index is 380. The van der Waals surface area contributed by atoms with Crippen molar-refractivity contribution in [1.29, 1.82) is 0 Å². The Labute approximate surface area is 102 Å². The van der Waals surface area contributed by atoms with Gasteiger partial charge in [-0.25, -0.2) is 0 Å². The van der Waals surface area contributed by atoms with Gasteiger partial charge in [0.1, 0.15) is 0 Å². The highest BCUT2D eigenvalue weighted by atomic mass is 16.2. The lowest BCUT2D eigenvalue weighted by Crippen LogP contribution is -2.38. The van der Waals surface area contributed by atoms with Gasteiger partial charge in [-0.15, -0.1) is 0 Å². The van der Waals surface area contributed by atoms with Gasteiger partial charge in [0.15, 0.2) is 0 Å². The topological polar surface area (TPSA) is 64.2 Å². The average molecular weight is 236 g/mol. The molecule has 5 nitrogen and oxygen atoms in total. The monoisotopic (exact) mass is 236 g/mol. The van der Waals surface area contributed by atoms with Gasteiger partial charge < -0.3 is 10.6 Å². The molecule has 0 unspecified atom stereocenters. The third-order valence-electron chi connectivity index (χ3n) is 3.36. The number of rotatable bonds is 3. The van der Waals surface area contributed by atoms with Crippen LogP contribution in [0.15, 0.2) is 12.3 Å². The van der Waals surface area contributed by atoms with Crippen LogP contribution in [0.3, 0.4) is 0 Å². The minimum absolute atomic E-state index is 0.187. The fourth-order valence-electron chi connectivity index (χ4n) is 2.36. The van der Waals surface area contributed by atoms with E-state index in [9.17, 15) is 4.79 Å². The summed E-state index contributed by atoms with van der Waals surface area (Å²) in [5, 5.41) is 4.43. The number of hydrogen-bond acceptors (Lipinski definition) is 3. The fourth-order valence-corrected chi connectivity index (χ4v) is 2.36. The summed E-state index contributed by atoms with van der Waals surface area (Å²) in [6.07, 6.45) is 4.45. The summed E-state index contributed by atoms with van der Waals surface area (Å²) in [6, 6.07) is 2.07. The summed E-state index contributed by atoms with van der Waals surface area (Å²) in [5.41, 5.74) is 6.55. The second kappa shape index (κ2) is 5.31. The fraction of sp³-hybridized carbons (Fsp3) is 0.667. The van der Waals surface area contributed by atoms with Gasteiger partial charge in [-0.2, -0.15) is 5.10 Å². The van der Waals surface area contributed by atoms with Crippen molar-refractivity contribution in [1.82, 2.24) is 14.7 Å². The van der Waals surface area contributed by atoms with Crippen LogP contribution in [0, 0.1) is 0 Å². The van der Waals surface area contributed by atoms with Gasteiger partial charge in [0, 0.05) is 45.2 Å². The zero-order valence-electron chi connectivity index (χ0n) is 10.3. The van der Waals surface area contributed by atoms with Crippen molar-refractivity contribution >= 4 is 5.91 Å². The maximum atomic E-state index is 11.7. The number of carbonyl (C=O) groups is 1. The van der Waals surface area contributed by atoms with E-state index in [0.717, 1.165) is 31.6 Å². The lowest BCUT2D eigenvalue weighted by molar-refractivity contribution is -0.132. The molecule has 0 spiro atoms. The first kappa shape index (κ1) is 12.1. The number of amides is 1. The first-order chi connectivity index (χ1) is 8.20. The van der Waals surface area contributed by atoms with E-state index in [4.69, 9.17) is 5.73 Å². The van der Waals surface area contributed by atoms with Crippen LogP contribution >= 0.6 is 0 Å². The lowest BCUT2D eigenvalue weighted by atomic mass is 9.93. The van der Waals surface area contributed by atoms with E-state index in [2.05, 4.69) is 11.2 Å². The Kier molecular flexibility index (Phi) is 3.78. The minimum Gasteiger partial charge on any atom is -0.343 e. The molecule has 2 heterocycles. The van der Waals surface area contributed by atoms with Gasteiger partial charge in [-0.05, 0) is 18.9 Å². The number of piperidine rings is 1. The van der Waals surface area contributed by atoms with E-state index in [1.807, 2.05) is 22.8 Å². The first-order valence-electron chi connectivity index (χ1n) is 6.18. The molecule has 0 atom stereocenters. The Hall–Kier alpha value is -1.36. The molecule has 5 heteroatoms. The summed E-state index contributed by atoms with van der Waals surface area (Å²) >= 11 is 0. The van der Waals surface area contributed by atoms with Crippen LogP contribution in [0.4, 0.5) is 0 Å². The number of nitrogens with two attached hydrogens (primary N) is 1. The highest BCUT2D eigenvalue weighted by molar-refractivity contribution is 5.76. The smallest absolute Gasteiger partial charge is 0.223 e. The summed E-state index contributed by atoms with van der Waals surface area (Å²) in [4.78, 5) is 13.6. The highest BCUT2D eigenvalue weighted by Crippen LogP contribution is 2.26. The van der Waals surface area contributed by atoms with Crippen molar-refractivity contribution in [2.75, 3.05) is 19.6 Å². The lowest BCUT2D eigenvalue weighted by Gasteiger charge is -2.31. The third-order valence-corrected chi connectivity index (χ3v) is 3.36. The Morgan fingerprint density at radius 3 is 2.76 bits per heavy atom. The van der Waals surface area contributed by atoms with Crippen molar-refractivity contribution in [2.24, 2.45) is 12.8 Å². The van der Waals surface area contributed by atoms with E-state index in [1.54, 1.807) is 0 Å². The molecule has 0 aromatic carbocycles. The number of likely N-dealkylation sites (tertiary alicyclic amines) is 1. The van der Waals surface area contributed by atoms with Gasteiger partial charge in [0.05, 0.1) is 5.69 Å². The quantitative estimate of drug-likeness (QED) is 0.830. The van der Waals surface area contributed by atoms with Crippen LogP contribution in [-0.2, 0) is 11.8 Å². The van der Waals surface area contributed by atoms with Crippen LogP contribution in [0.5, 0.6) is 0 Å². The van der Waals surface area contributed by atoms with Crippen molar-refractivity contribution in [3.63, 3.8) is 0 Å². The van der Waals surface area contributed by atoms with Crippen LogP contribution in [0.1, 0.15) is 30.9 Å². The predicted molar refractivity (Wildman–Crippen MR) is 65.4 cm³/mol. The molecular formula is C12H20N4O. The summed E-state index contributed by atoms with van der Waals surface area (Å²) < 4.78 is 1.83. The molecule has 1 fully saturated rings. The molecule has 1 aliphatic heterocycles. The van der Waals surface area contributed by atoms with Crippen molar-refractivity contribution in [3.05, 3.63) is 18.0 Å². The molecule has 0 radical (unpaired) electrons. The molecule has 0 bridgehead atoms. The standard InChI is InChI=1S/C12H20N4O/c1-15-7-5-11(14-15)10-3-8-16(9-4-10)12(17)2-6-13/h5,7,10H,2-4,6,8-9,13H2,1H3. The maximum Gasteiger partial charge on any atom is 0.223 e. The Morgan fingerprint density at radius 1 is 1.53 bits per heavy atom. The molecule has 1 saturated heterocycles. The van der Waals surface area contributed by atoms with E-state index in [0.29, 0.717) is 18.9 Å². The Balaban J connectivity index is 1.88. The zero-order chi connectivity index (χ0) is 12.3. The molecule has 2 N–H and O–H groups in total. The van der Waals surface area contributed by atoms with Crippen LogP contribution in [0.25, 0.3) is 0 Å².